The predicted octanol–water partition coefficient (Wildman–Crippen LogP) is -0.0900. The minimum atomic E-state index is -0.500. The number of aliphatic hydroxyl groups excluding tert-OH is 1. The molecule has 0 spiro atoms. The SMILES string of the molecule is CCCOCC(=O)NC[C@H](C)O. The average Bonchev–Trinajstić information content (AvgIpc) is 2.01. The van der Waals surface area contributed by atoms with Gasteiger partial charge in [0.2, 0.25) is 5.91 Å². The number of rotatable bonds is 6. The molecule has 0 aromatic heterocycles. The van der Waals surface area contributed by atoms with Crippen molar-refractivity contribution < 1.29 is 14.6 Å². The molecule has 1 atom stereocenters. The first kappa shape index (κ1) is 11.4. The maximum absolute atomic E-state index is 10.9. The van der Waals surface area contributed by atoms with Gasteiger partial charge in [-0.2, -0.15) is 0 Å². The second-order valence-electron chi connectivity index (χ2n) is 2.71. The van der Waals surface area contributed by atoms with Gasteiger partial charge in [0.05, 0.1) is 6.10 Å². The van der Waals surface area contributed by atoms with Gasteiger partial charge in [0.25, 0.3) is 0 Å². The highest BCUT2D eigenvalue weighted by molar-refractivity contribution is 5.77. The highest BCUT2D eigenvalue weighted by atomic mass is 16.5. The predicted molar refractivity (Wildman–Crippen MR) is 45.8 cm³/mol. The number of nitrogens with one attached hydrogen (secondary N) is 1. The minimum Gasteiger partial charge on any atom is -0.392 e. The Labute approximate surface area is 72.9 Å². The fourth-order valence-electron chi connectivity index (χ4n) is 0.622. The molecule has 0 radical (unpaired) electrons. The zero-order valence-electron chi connectivity index (χ0n) is 7.67. The van der Waals surface area contributed by atoms with Crippen molar-refractivity contribution in [2.24, 2.45) is 0 Å². The van der Waals surface area contributed by atoms with Crippen LogP contribution >= 0.6 is 0 Å². The van der Waals surface area contributed by atoms with Crippen molar-refractivity contribution in [2.75, 3.05) is 19.8 Å². The lowest BCUT2D eigenvalue weighted by Gasteiger charge is -2.06. The van der Waals surface area contributed by atoms with E-state index in [1.165, 1.54) is 0 Å². The summed E-state index contributed by atoms with van der Waals surface area (Å²) in [4.78, 5) is 10.9. The van der Waals surface area contributed by atoms with E-state index in [1.807, 2.05) is 6.92 Å². The zero-order valence-corrected chi connectivity index (χ0v) is 7.67. The molecular weight excluding hydrogens is 158 g/mol. The normalized spacial score (nSPS) is 12.6. The molecule has 0 aliphatic heterocycles. The maximum Gasteiger partial charge on any atom is 0.246 e. The first-order valence-electron chi connectivity index (χ1n) is 4.19. The molecule has 4 nitrogen and oxygen atoms in total. The van der Waals surface area contributed by atoms with E-state index in [9.17, 15) is 4.79 Å². The van der Waals surface area contributed by atoms with E-state index in [4.69, 9.17) is 9.84 Å². The Bertz CT molecular complexity index is 125. The largest absolute Gasteiger partial charge is 0.392 e. The van der Waals surface area contributed by atoms with Crippen molar-refractivity contribution in [1.29, 1.82) is 0 Å². The monoisotopic (exact) mass is 175 g/mol. The first-order chi connectivity index (χ1) is 5.66. The standard InChI is InChI=1S/C8H17NO3/c1-3-4-12-6-8(11)9-5-7(2)10/h7,10H,3-6H2,1-2H3,(H,9,11)/t7-/m0/s1. The molecule has 0 aliphatic carbocycles. The zero-order chi connectivity index (χ0) is 9.40. The van der Waals surface area contributed by atoms with Gasteiger partial charge in [0, 0.05) is 13.2 Å². The Balaban J connectivity index is 3.22. The molecule has 1 amide bonds. The fourth-order valence-corrected chi connectivity index (χ4v) is 0.622. The Kier molecular flexibility index (Phi) is 6.70. The smallest absolute Gasteiger partial charge is 0.246 e. The summed E-state index contributed by atoms with van der Waals surface area (Å²) < 4.78 is 4.98. The number of amides is 1. The molecule has 12 heavy (non-hydrogen) atoms. The molecular formula is C8H17NO3. The van der Waals surface area contributed by atoms with E-state index in [2.05, 4.69) is 5.32 Å². The molecule has 0 heterocycles. The van der Waals surface area contributed by atoms with E-state index in [0.29, 0.717) is 6.61 Å². The van der Waals surface area contributed by atoms with Gasteiger partial charge in [-0.15, -0.1) is 0 Å². The molecule has 72 valence electrons. The van der Waals surface area contributed by atoms with Crippen molar-refractivity contribution in [3.05, 3.63) is 0 Å². The number of hydrogen-bond acceptors (Lipinski definition) is 3. The van der Waals surface area contributed by atoms with E-state index in [-0.39, 0.29) is 19.1 Å². The molecule has 0 saturated heterocycles. The van der Waals surface area contributed by atoms with E-state index < -0.39 is 6.10 Å². The molecule has 0 aromatic rings. The quantitative estimate of drug-likeness (QED) is 0.555. The van der Waals surface area contributed by atoms with Gasteiger partial charge in [0.1, 0.15) is 6.61 Å². The molecule has 4 heteroatoms. The van der Waals surface area contributed by atoms with Gasteiger partial charge < -0.3 is 15.2 Å². The fraction of sp³-hybridized carbons (Fsp3) is 0.875. The second kappa shape index (κ2) is 7.06. The summed E-state index contributed by atoms with van der Waals surface area (Å²) in [5, 5.41) is 11.3. The number of carbonyl (C=O) groups is 1. The van der Waals surface area contributed by atoms with Crippen molar-refractivity contribution in [1.82, 2.24) is 5.32 Å². The van der Waals surface area contributed by atoms with Crippen LogP contribution in [0.4, 0.5) is 0 Å². The Morgan fingerprint density at radius 2 is 2.33 bits per heavy atom. The van der Waals surface area contributed by atoms with Crippen LogP contribution < -0.4 is 5.32 Å². The molecule has 2 N–H and O–H groups in total. The molecule has 0 saturated carbocycles. The van der Waals surface area contributed by atoms with Gasteiger partial charge in [0.15, 0.2) is 0 Å². The number of aliphatic hydroxyl groups is 1. The van der Waals surface area contributed by atoms with Crippen molar-refractivity contribution in [2.45, 2.75) is 26.4 Å². The third-order valence-electron chi connectivity index (χ3n) is 1.18. The van der Waals surface area contributed by atoms with Gasteiger partial charge in [-0.3, -0.25) is 4.79 Å². The topological polar surface area (TPSA) is 58.6 Å². The lowest BCUT2D eigenvalue weighted by molar-refractivity contribution is -0.126. The second-order valence-corrected chi connectivity index (χ2v) is 2.71. The molecule has 0 unspecified atom stereocenters. The summed E-state index contributed by atoms with van der Waals surface area (Å²) in [5.41, 5.74) is 0. The van der Waals surface area contributed by atoms with Crippen molar-refractivity contribution in [3.8, 4) is 0 Å². The van der Waals surface area contributed by atoms with Crippen LogP contribution in [-0.4, -0.2) is 36.9 Å². The van der Waals surface area contributed by atoms with Gasteiger partial charge in [-0.1, -0.05) is 6.92 Å². The van der Waals surface area contributed by atoms with E-state index in [0.717, 1.165) is 6.42 Å². The molecule has 0 rings (SSSR count). The molecule has 0 bridgehead atoms. The van der Waals surface area contributed by atoms with Crippen molar-refractivity contribution in [3.63, 3.8) is 0 Å². The van der Waals surface area contributed by atoms with Crippen LogP contribution in [0.2, 0.25) is 0 Å². The van der Waals surface area contributed by atoms with Gasteiger partial charge in [-0.05, 0) is 13.3 Å². The summed E-state index contributed by atoms with van der Waals surface area (Å²) in [7, 11) is 0. The Morgan fingerprint density at radius 3 is 2.83 bits per heavy atom. The lowest BCUT2D eigenvalue weighted by atomic mass is 10.4. The summed E-state index contributed by atoms with van der Waals surface area (Å²) in [6.07, 6.45) is 0.407. The van der Waals surface area contributed by atoms with Crippen LogP contribution in [0.5, 0.6) is 0 Å². The third-order valence-corrected chi connectivity index (χ3v) is 1.18. The van der Waals surface area contributed by atoms with Crippen LogP contribution in [0.3, 0.4) is 0 Å². The average molecular weight is 175 g/mol. The first-order valence-corrected chi connectivity index (χ1v) is 4.19. The summed E-state index contributed by atoms with van der Waals surface area (Å²) in [5.74, 6) is -0.177. The van der Waals surface area contributed by atoms with Crippen LogP contribution in [0.25, 0.3) is 0 Å². The number of hydrogen-bond donors (Lipinski definition) is 2. The molecule has 0 aliphatic rings. The summed E-state index contributed by atoms with van der Waals surface area (Å²) in [6.45, 7) is 4.57. The molecule has 0 aromatic carbocycles. The van der Waals surface area contributed by atoms with Crippen LogP contribution in [-0.2, 0) is 9.53 Å². The summed E-state index contributed by atoms with van der Waals surface area (Å²) in [6, 6.07) is 0. The number of ether oxygens (including phenoxy) is 1. The third kappa shape index (κ3) is 7.50. The Morgan fingerprint density at radius 1 is 1.67 bits per heavy atom. The van der Waals surface area contributed by atoms with Gasteiger partial charge >= 0.3 is 0 Å². The lowest BCUT2D eigenvalue weighted by Crippen LogP contribution is -2.33. The van der Waals surface area contributed by atoms with Gasteiger partial charge in [-0.25, -0.2) is 0 Å². The van der Waals surface area contributed by atoms with Crippen LogP contribution in [0.1, 0.15) is 20.3 Å². The van der Waals surface area contributed by atoms with Crippen LogP contribution in [0.15, 0.2) is 0 Å². The van der Waals surface area contributed by atoms with Crippen LogP contribution in [0, 0.1) is 0 Å². The maximum atomic E-state index is 10.9. The number of carbonyl (C=O) groups excluding carboxylic acids is 1. The van der Waals surface area contributed by atoms with Crippen molar-refractivity contribution >= 4 is 5.91 Å². The highest BCUT2D eigenvalue weighted by Crippen LogP contribution is 1.80. The molecule has 0 fully saturated rings. The van der Waals surface area contributed by atoms with E-state index >= 15 is 0 Å². The van der Waals surface area contributed by atoms with E-state index in [1.54, 1.807) is 6.92 Å². The summed E-state index contributed by atoms with van der Waals surface area (Å²) >= 11 is 0. The highest BCUT2D eigenvalue weighted by Gasteiger charge is 2.01. The minimum absolute atomic E-state index is 0.0839. The Hall–Kier alpha value is -0.610.